The van der Waals surface area contributed by atoms with Gasteiger partial charge in [-0.3, -0.25) is 14.5 Å². The van der Waals surface area contributed by atoms with E-state index in [-0.39, 0.29) is 11.8 Å². The van der Waals surface area contributed by atoms with Crippen molar-refractivity contribution in [3.05, 3.63) is 131 Å². The van der Waals surface area contributed by atoms with Crippen LogP contribution in [0.25, 0.3) is 23.3 Å². The fourth-order valence-electron chi connectivity index (χ4n) is 4.44. The number of amides is 2. The summed E-state index contributed by atoms with van der Waals surface area (Å²) in [5.74, 6) is -0.372. The number of rotatable bonds is 7. The van der Waals surface area contributed by atoms with Gasteiger partial charge in [-0.15, -0.1) is 0 Å². The van der Waals surface area contributed by atoms with E-state index >= 15 is 0 Å². The van der Waals surface area contributed by atoms with E-state index in [0.29, 0.717) is 17.7 Å². The molecule has 34 heavy (non-hydrogen) atoms. The summed E-state index contributed by atoms with van der Waals surface area (Å²) in [5, 5.41) is 0. The van der Waals surface area contributed by atoms with Crippen molar-refractivity contribution in [1.82, 2.24) is 4.90 Å². The van der Waals surface area contributed by atoms with Gasteiger partial charge in [-0.1, -0.05) is 103 Å². The number of hydrogen-bond donors (Lipinski definition) is 0. The Morgan fingerprint density at radius 1 is 0.618 bits per heavy atom. The van der Waals surface area contributed by atoms with Crippen LogP contribution in [-0.4, -0.2) is 23.3 Å². The van der Waals surface area contributed by atoms with Crippen LogP contribution in [0.4, 0.5) is 0 Å². The standard InChI is InChI=1S/C31H25NO2/c33-30-28-17-6-7-18-29(28)31(34)32(30)21-9-12-23-10-8-11-24(22-23)19-20-26-15-4-5-16-27(26)25-13-2-1-3-14-25/h1-8,10-11,13-20,22H,9,12,21H2/b20-19+. The molecule has 3 nitrogen and oxygen atoms in total. The van der Waals surface area contributed by atoms with E-state index < -0.39 is 0 Å². The van der Waals surface area contributed by atoms with Gasteiger partial charge in [-0.2, -0.15) is 0 Å². The number of benzene rings is 4. The van der Waals surface area contributed by atoms with Crippen molar-refractivity contribution >= 4 is 24.0 Å². The van der Waals surface area contributed by atoms with Crippen LogP contribution in [0, 0.1) is 0 Å². The Bertz CT molecular complexity index is 1340. The van der Waals surface area contributed by atoms with Crippen molar-refractivity contribution < 1.29 is 9.59 Å². The maximum atomic E-state index is 12.5. The van der Waals surface area contributed by atoms with Gasteiger partial charge in [0.1, 0.15) is 0 Å². The molecule has 0 fully saturated rings. The molecule has 0 bridgehead atoms. The summed E-state index contributed by atoms with van der Waals surface area (Å²) in [5.41, 5.74) is 6.91. The largest absolute Gasteiger partial charge is 0.274 e. The highest BCUT2D eigenvalue weighted by atomic mass is 16.2. The first-order chi connectivity index (χ1) is 16.7. The van der Waals surface area contributed by atoms with E-state index in [0.717, 1.165) is 18.4 Å². The second-order valence-electron chi connectivity index (χ2n) is 8.44. The zero-order chi connectivity index (χ0) is 23.3. The predicted octanol–water partition coefficient (Wildman–Crippen LogP) is 6.75. The molecule has 4 aromatic carbocycles. The van der Waals surface area contributed by atoms with Gasteiger partial charge < -0.3 is 0 Å². The van der Waals surface area contributed by atoms with E-state index in [9.17, 15) is 9.59 Å². The zero-order valence-electron chi connectivity index (χ0n) is 18.9. The number of carbonyl (C=O) groups is 2. The molecule has 4 aromatic rings. The fraction of sp³-hybridized carbons (Fsp3) is 0.0968. The summed E-state index contributed by atoms with van der Waals surface area (Å²) < 4.78 is 0. The third-order valence-electron chi connectivity index (χ3n) is 6.18. The maximum Gasteiger partial charge on any atom is 0.261 e. The molecule has 0 saturated heterocycles. The molecule has 0 radical (unpaired) electrons. The number of carbonyl (C=O) groups excluding carboxylic acids is 2. The van der Waals surface area contributed by atoms with Crippen molar-refractivity contribution in [2.45, 2.75) is 12.8 Å². The molecular formula is C31H25NO2. The first-order valence-corrected chi connectivity index (χ1v) is 11.6. The van der Waals surface area contributed by atoms with E-state index in [1.165, 1.54) is 27.2 Å². The molecule has 5 rings (SSSR count). The summed E-state index contributed by atoms with van der Waals surface area (Å²) in [6.07, 6.45) is 5.82. The summed E-state index contributed by atoms with van der Waals surface area (Å²) in [7, 11) is 0. The molecular weight excluding hydrogens is 418 g/mol. The molecule has 2 amide bonds. The molecule has 1 heterocycles. The minimum atomic E-state index is -0.186. The highest BCUT2D eigenvalue weighted by Gasteiger charge is 2.34. The Hall–Kier alpha value is -4.24. The minimum Gasteiger partial charge on any atom is -0.274 e. The van der Waals surface area contributed by atoms with Gasteiger partial charge in [0, 0.05) is 6.54 Å². The van der Waals surface area contributed by atoms with Crippen molar-refractivity contribution in [3.8, 4) is 11.1 Å². The van der Waals surface area contributed by atoms with Crippen LogP contribution in [-0.2, 0) is 6.42 Å². The Morgan fingerprint density at radius 3 is 2.00 bits per heavy atom. The molecule has 0 saturated carbocycles. The van der Waals surface area contributed by atoms with Crippen molar-refractivity contribution in [1.29, 1.82) is 0 Å². The lowest BCUT2D eigenvalue weighted by Crippen LogP contribution is -2.30. The van der Waals surface area contributed by atoms with Crippen LogP contribution in [0.2, 0.25) is 0 Å². The number of imide groups is 1. The second kappa shape index (κ2) is 9.72. The lowest BCUT2D eigenvalue weighted by Gasteiger charge is -2.13. The minimum absolute atomic E-state index is 0.186. The first kappa shape index (κ1) is 21.6. The normalized spacial score (nSPS) is 13.0. The lowest BCUT2D eigenvalue weighted by molar-refractivity contribution is 0.0652. The summed E-state index contributed by atoms with van der Waals surface area (Å²) in [6, 6.07) is 34.2. The van der Waals surface area contributed by atoms with Crippen molar-refractivity contribution in [2.75, 3.05) is 6.54 Å². The lowest BCUT2D eigenvalue weighted by atomic mass is 9.98. The molecule has 1 aliphatic rings. The summed E-state index contributed by atoms with van der Waals surface area (Å²) in [6.45, 7) is 0.427. The van der Waals surface area contributed by atoms with Gasteiger partial charge >= 0.3 is 0 Å². The van der Waals surface area contributed by atoms with Gasteiger partial charge in [0.15, 0.2) is 0 Å². The average Bonchev–Trinajstić information content (AvgIpc) is 3.13. The Labute approximate surface area is 200 Å². The topological polar surface area (TPSA) is 37.4 Å². The quantitative estimate of drug-likeness (QED) is 0.234. The third kappa shape index (κ3) is 4.46. The molecule has 0 atom stereocenters. The number of hydrogen-bond acceptors (Lipinski definition) is 2. The Morgan fingerprint density at radius 2 is 1.26 bits per heavy atom. The van der Waals surface area contributed by atoms with E-state index in [4.69, 9.17) is 0 Å². The fourth-order valence-corrected chi connectivity index (χ4v) is 4.44. The Kier molecular flexibility index (Phi) is 6.17. The van der Waals surface area contributed by atoms with Crippen LogP contribution in [0.1, 0.15) is 43.8 Å². The van der Waals surface area contributed by atoms with E-state index in [1.54, 1.807) is 24.3 Å². The number of nitrogens with zero attached hydrogens (tertiary/aromatic N) is 1. The SMILES string of the molecule is O=C1c2ccccc2C(=O)N1CCCc1cccc(/C=C/c2ccccc2-c2ccccc2)c1. The van der Waals surface area contributed by atoms with Crippen LogP contribution in [0.5, 0.6) is 0 Å². The van der Waals surface area contributed by atoms with E-state index in [2.05, 4.69) is 84.9 Å². The average molecular weight is 444 g/mol. The monoisotopic (exact) mass is 443 g/mol. The molecule has 0 unspecified atom stereocenters. The van der Waals surface area contributed by atoms with Crippen LogP contribution >= 0.6 is 0 Å². The maximum absolute atomic E-state index is 12.5. The predicted molar refractivity (Wildman–Crippen MR) is 137 cm³/mol. The number of fused-ring (bicyclic) bond motifs is 1. The van der Waals surface area contributed by atoms with Gasteiger partial charge in [0.2, 0.25) is 0 Å². The van der Waals surface area contributed by atoms with E-state index in [1.807, 2.05) is 6.07 Å². The Balaban J connectivity index is 1.25. The van der Waals surface area contributed by atoms with Gasteiger partial charge in [0.25, 0.3) is 11.8 Å². The van der Waals surface area contributed by atoms with Crippen LogP contribution in [0.3, 0.4) is 0 Å². The first-order valence-electron chi connectivity index (χ1n) is 11.6. The molecule has 1 aliphatic heterocycles. The molecule has 0 N–H and O–H groups in total. The molecule has 166 valence electrons. The van der Waals surface area contributed by atoms with Crippen LogP contribution in [0.15, 0.2) is 103 Å². The zero-order valence-corrected chi connectivity index (χ0v) is 18.9. The number of aryl methyl sites for hydroxylation is 1. The van der Waals surface area contributed by atoms with Gasteiger partial charge in [-0.05, 0) is 52.8 Å². The molecule has 0 aromatic heterocycles. The smallest absolute Gasteiger partial charge is 0.261 e. The molecule has 0 aliphatic carbocycles. The highest BCUT2D eigenvalue weighted by molar-refractivity contribution is 6.21. The molecule has 0 spiro atoms. The highest BCUT2D eigenvalue weighted by Crippen LogP contribution is 2.26. The van der Waals surface area contributed by atoms with Gasteiger partial charge in [-0.25, -0.2) is 0 Å². The third-order valence-corrected chi connectivity index (χ3v) is 6.18. The van der Waals surface area contributed by atoms with Gasteiger partial charge in [0.05, 0.1) is 11.1 Å². The van der Waals surface area contributed by atoms with Crippen LogP contribution < -0.4 is 0 Å². The van der Waals surface area contributed by atoms with Crippen molar-refractivity contribution in [2.24, 2.45) is 0 Å². The van der Waals surface area contributed by atoms with Crippen molar-refractivity contribution in [3.63, 3.8) is 0 Å². The summed E-state index contributed by atoms with van der Waals surface area (Å²) >= 11 is 0. The molecule has 3 heteroatoms. The second-order valence-corrected chi connectivity index (χ2v) is 8.44. The summed E-state index contributed by atoms with van der Waals surface area (Å²) in [4.78, 5) is 26.5.